The third-order valence-electron chi connectivity index (χ3n) is 4.65. The Labute approximate surface area is 169 Å². The fourth-order valence-electron chi connectivity index (χ4n) is 3.31. The average Bonchev–Trinajstić information content (AvgIpc) is 3.09. The quantitative estimate of drug-likeness (QED) is 0.353. The molecule has 0 saturated heterocycles. The highest BCUT2D eigenvalue weighted by molar-refractivity contribution is 5.93. The Bertz CT molecular complexity index is 854. The molecule has 2 amide bonds. The predicted octanol–water partition coefficient (Wildman–Crippen LogP) is 1.41. The molecule has 0 bridgehead atoms. The molecule has 8 nitrogen and oxygen atoms in total. The second-order valence-corrected chi connectivity index (χ2v) is 7.05. The van der Waals surface area contributed by atoms with Crippen LogP contribution in [0.4, 0.5) is 0 Å². The van der Waals surface area contributed by atoms with Gasteiger partial charge in [-0.15, -0.1) is 0 Å². The van der Waals surface area contributed by atoms with Crippen molar-refractivity contribution >= 4 is 11.8 Å². The number of benzene rings is 2. The van der Waals surface area contributed by atoms with Crippen molar-refractivity contribution in [1.82, 2.24) is 15.7 Å². The molecule has 154 valence electrons. The van der Waals surface area contributed by atoms with Gasteiger partial charge in [-0.05, 0) is 44.4 Å². The lowest BCUT2D eigenvalue weighted by Gasteiger charge is -2.21. The Morgan fingerprint density at radius 3 is 2.55 bits per heavy atom. The number of amides is 2. The first kappa shape index (κ1) is 20.6. The van der Waals surface area contributed by atoms with Crippen LogP contribution in [0.2, 0.25) is 0 Å². The van der Waals surface area contributed by atoms with Crippen LogP contribution in [0.25, 0.3) is 0 Å². The summed E-state index contributed by atoms with van der Waals surface area (Å²) in [6, 6.07) is 14.1. The molecule has 1 aliphatic rings. The second-order valence-electron chi connectivity index (χ2n) is 7.05. The summed E-state index contributed by atoms with van der Waals surface area (Å²) in [5, 5.41) is 11.5. The molecule has 29 heavy (non-hydrogen) atoms. The van der Waals surface area contributed by atoms with E-state index in [2.05, 4.69) is 5.32 Å². The van der Waals surface area contributed by atoms with E-state index >= 15 is 0 Å². The number of fused-ring (bicyclic) bond motifs is 1. The maximum atomic E-state index is 12.7. The smallest absolute Gasteiger partial charge is 0.274 e. The van der Waals surface area contributed by atoms with Crippen molar-refractivity contribution in [1.29, 1.82) is 0 Å². The van der Waals surface area contributed by atoms with Crippen LogP contribution < -0.4 is 20.3 Å². The third kappa shape index (κ3) is 5.04. The largest absolute Gasteiger partial charge is 0.492 e. The summed E-state index contributed by atoms with van der Waals surface area (Å²) in [6.07, 6.45) is -0.578. The molecule has 2 aromatic rings. The second kappa shape index (κ2) is 9.40. The van der Waals surface area contributed by atoms with Gasteiger partial charge in [-0.25, -0.2) is 5.48 Å². The van der Waals surface area contributed by atoms with Gasteiger partial charge in [0, 0.05) is 23.6 Å². The summed E-state index contributed by atoms with van der Waals surface area (Å²) in [5.74, 6) is 0.513. The zero-order chi connectivity index (χ0) is 20.8. The third-order valence-corrected chi connectivity index (χ3v) is 4.65. The molecular weight excluding hydrogens is 374 g/mol. The van der Waals surface area contributed by atoms with Crippen molar-refractivity contribution in [3.05, 3.63) is 59.7 Å². The maximum Gasteiger partial charge on any atom is 0.274 e. The minimum absolute atomic E-state index is 0.0349. The molecule has 2 atom stereocenters. The minimum atomic E-state index is -0.589. The van der Waals surface area contributed by atoms with Gasteiger partial charge in [0.05, 0.1) is 6.54 Å². The van der Waals surface area contributed by atoms with Crippen molar-refractivity contribution in [2.45, 2.75) is 12.0 Å². The van der Waals surface area contributed by atoms with Gasteiger partial charge < -0.3 is 19.7 Å². The molecule has 8 heteroatoms. The Morgan fingerprint density at radius 2 is 1.86 bits per heavy atom. The molecule has 1 heterocycles. The van der Waals surface area contributed by atoms with E-state index < -0.39 is 12.0 Å². The molecule has 0 saturated carbocycles. The van der Waals surface area contributed by atoms with Gasteiger partial charge >= 0.3 is 0 Å². The molecule has 2 aromatic carbocycles. The van der Waals surface area contributed by atoms with Gasteiger partial charge in [0.2, 0.25) is 0 Å². The lowest BCUT2D eigenvalue weighted by Crippen LogP contribution is -2.43. The number of carbonyl (C=O) groups excluding carboxylic acids is 2. The normalized spacial score (nSPS) is 17.4. The Balaban J connectivity index is 1.51. The molecular formula is C21H25N3O5. The number of rotatable bonds is 8. The number of carbonyl (C=O) groups is 2. The zero-order valence-electron chi connectivity index (χ0n) is 16.4. The highest BCUT2D eigenvalue weighted by Gasteiger charge is 2.39. The highest BCUT2D eigenvalue weighted by Crippen LogP contribution is 2.38. The number of nitrogens with zero attached hydrogens (tertiary/aromatic N) is 1. The maximum absolute atomic E-state index is 12.7. The Hall–Kier alpha value is -3.10. The van der Waals surface area contributed by atoms with E-state index in [0.29, 0.717) is 24.4 Å². The van der Waals surface area contributed by atoms with E-state index in [1.165, 1.54) is 12.1 Å². The molecule has 3 N–H and O–H groups in total. The molecule has 0 aromatic heterocycles. The van der Waals surface area contributed by atoms with Crippen LogP contribution in [0.5, 0.6) is 11.5 Å². The van der Waals surface area contributed by atoms with Gasteiger partial charge in [-0.1, -0.05) is 18.2 Å². The molecule has 0 unspecified atom stereocenters. The van der Waals surface area contributed by atoms with E-state index in [0.717, 1.165) is 11.3 Å². The van der Waals surface area contributed by atoms with Crippen molar-refractivity contribution in [2.24, 2.45) is 0 Å². The molecule has 0 aliphatic carbocycles. The molecule has 0 fully saturated rings. The average molecular weight is 399 g/mol. The van der Waals surface area contributed by atoms with E-state index in [-0.39, 0.29) is 18.4 Å². The molecule has 1 aliphatic heterocycles. The first-order valence-corrected chi connectivity index (χ1v) is 9.35. The van der Waals surface area contributed by atoms with Gasteiger partial charge in [0.25, 0.3) is 11.8 Å². The fraction of sp³-hybridized carbons (Fsp3) is 0.333. The van der Waals surface area contributed by atoms with Crippen molar-refractivity contribution in [3.63, 3.8) is 0 Å². The lowest BCUT2D eigenvalue weighted by atomic mass is 9.94. The number of hydrogen-bond acceptors (Lipinski definition) is 6. The van der Waals surface area contributed by atoms with Crippen molar-refractivity contribution in [2.75, 3.05) is 33.8 Å². The summed E-state index contributed by atoms with van der Waals surface area (Å²) in [7, 11) is 3.94. The summed E-state index contributed by atoms with van der Waals surface area (Å²) >= 11 is 0. The summed E-state index contributed by atoms with van der Waals surface area (Å²) in [6.45, 7) is 1.30. The summed E-state index contributed by atoms with van der Waals surface area (Å²) in [5.41, 5.74) is 2.94. The number of hydrogen-bond donors (Lipinski definition) is 3. The first-order chi connectivity index (χ1) is 14.0. The summed E-state index contributed by atoms with van der Waals surface area (Å²) < 4.78 is 11.5. The Kier molecular flexibility index (Phi) is 6.69. The Morgan fingerprint density at radius 1 is 1.14 bits per heavy atom. The van der Waals surface area contributed by atoms with Crippen LogP contribution in [-0.4, -0.2) is 61.8 Å². The van der Waals surface area contributed by atoms with E-state index in [1.54, 1.807) is 17.6 Å². The number of likely N-dealkylation sites (N-methyl/N-ethyl adjacent to an activating group) is 1. The van der Waals surface area contributed by atoms with Crippen LogP contribution >= 0.6 is 0 Å². The number of para-hydroxylation sites is 1. The van der Waals surface area contributed by atoms with E-state index in [4.69, 9.17) is 14.7 Å². The number of ether oxygens (including phenoxy) is 2. The zero-order valence-corrected chi connectivity index (χ0v) is 16.4. The standard InChI is InChI=1S/C21H25N3O5/c1-24(2)13-17-16-5-3-4-6-18(16)29-19(17)21(26)22-11-12-28-15-9-7-14(8-10-15)20(25)23-27/h3-10,17,19,27H,11-13H2,1-2H3,(H,22,26)(H,23,25)/t17-,19+/m0/s1. The monoisotopic (exact) mass is 399 g/mol. The van der Waals surface area contributed by atoms with Gasteiger partial charge in [-0.3, -0.25) is 14.8 Å². The molecule has 0 spiro atoms. The van der Waals surface area contributed by atoms with E-state index in [9.17, 15) is 9.59 Å². The minimum Gasteiger partial charge on any atom is -0.492 e. The van der Waals surface area contributed by atoms with Crippen LogP contribution in [0.3, 0.4) is 0 Å². The van der Waals surface area contributed by atoms with E-state index in [1.807, 2.05) is 43.3 Å². The van der Waals surface area contributed by atoms with Gasteiger partial charge in [-0.2, -0.15) is 0 Å². The highest BCUT2D eigenvalue weighted by atomic mass is 16.5. The van der Waals surface area contributed by atoms with Crippen molar-refractivity contribution in [3.8, 4) is 11.5 Å². The van der Waals surface area contributed by atoms with Gasteiger partial charge in [0.15, 0.2) is 6.10 Å². The van der Waals surface area contributed by atoms with Gasteiger partial charge in [0.1, 0.15) is 18.1 Å². The van der Waals surface area contributed by atoms with Crippen LogP contribution in [0.1, 0.15) is 21.8 Å². The SMILES string of the molecule is CN(C)C[C@H]1c2ccccc2O[C@H]1C(=O)NCCOc1ccc(C(=O)NO)cc1. The molecule has 3 rings (SSSR count). The number of nitrogens with one attached hydrogen (secondary N) is 2. The fourth-order valence-corrected chi connectivity index (χ4v) is 3.31. The predicted molar refractivity (Wildman–Crippen MR) is 106 cm³/mol. The molecule has 0 radical (unpaired) electrons. The van der Waals surface area contributed by atoms with Crippen LogP contribution in [0, 0.1) is 0 Å². The number of hydroxylamine groups is 1. The van der Waals surface area contributed by atoms with Crippen LogP contribution in [0.15, 0.2) is 48.5 Å². The summed E-state index contributed by atoms with van der Waals surface area (Å²) in [4.78, 5) is 26.0. The topological polar surface area (TPSA) is 100 Å². The van der Waals surface area contributed by atoms with Crippen LogP contribution in [-0.2, 0) is 4.79 Å². The first-order valence-electron chi connectivity index (χ1n) is 9.35. The lowest BCUT2D eigenvalue weighted by molar-refractivity contribution is -0.128. The van der Waals surface area contributed by atoms with Crippen molar-refractivity contribution < 1.29 is 24.3 Å².